The zero-order valence-corrected chi connectivity index (χ0v) is 18.5. The number of para-hydroxylation sites is 1. The number of thioether (sulfide) groups is 1. The highest BCUT2D eigenvalue weighted by atomic mass is 127. The fourth-order valence-corrected chi connectivity index (χ4v) is 3.46. The van der Waals surface area contributed by atoms with E-state index >= 15 is 0 Å². The molecular formula is C20H23IN2O3S. The zero-order chi connectivity index (χ0) is 19.8. The first-order chi connectivity index (χ1) is 13.0. The number of carbonyl (C=O) groups excluding carboxylic acids is 2. The van der Waals surface area contributed by atoms with Crippen molar-refractivity contribution >= 4 is 51.9 Å². The number of hydrogen-bond acceptors (Lipinski definition) is 4. The first-order valence-corrected chi connectivity index (χ1v) is 10.9. The summed E-state index contributed by atoms with van der Waals surface area (Å²) < 4.78 is 6.32. The van der Waals surface area contributed by atoms with E-state index in [0.29, 0.717) is 17.7 Å². The molecule has 0 bridgehead atoms. The lowest BCUT2D eigenvalue weighted by molar-refractivity contribution is -0.118. The molecule has 0 aromatic heterocycles. The summed E-state index contributed by atoms with van der Waals surface area (Å²) in [5.74, 6) is 0.682. The van der Waals surface area contributed by atoms with Crippen LogP contribution in [0.5, 0.6) is 5.75 Å². The maximum atomic E-state index is 12.8. The van der Waals surface area contributed by atoms with Crippen molar-refractivity contribution in [3.63, 3.8) is 0 Å². The highest BCUT2D eigenvalue weighted by Gasteiger charge is 2.23. The largest absolute Gasteiger partial charge is 0.496 e. The van der Waals surface area contributed by atoms with Crippen LogP contribution in [-0.4, -0.2) is 37.0 Å². The van der Waals surface area contributed by atoms with Gasteiger partial charge in [0.1, 0.15) is 11.8 Å². The van der Waals surface area contributed by atoms with Crippen LogP contribution in [0.25, 0.3) is 0 Å². The normalized spacial score (nSPS) is 11.6. The number of aryl methyl sites for hydroxylation is 1. The molecule has 0 aliphatic rings. The number of benzene rings is 2. The standard InChI is InChI=1S/C20H23IN2O3S/c1-13-8-9-14(12-16(13)21)22-20(25)17(10-11-27-3)23-19(24)15-6-4-5-7-18(15)26-2/h4-9,12,17H,10-11H2,1-3H3,(H,22,25)(H,23,24). The highest BCUT2D eigenvalue weighted by molar-refractivity contribution is 14.1. The van der Waals surface area contributed by atoms with E-state index in [4.69, 9.17) is 4.74 Å². The van der Waals surface area contributed by atoms with Crippen LogP contribution in [0.4, 0.5) is 5.69 Å². The summed E-state index contributed by atoms with van der Waals surface area (Å²) in [6, 6.07) is 12.1. The molecule has 0 saturated carbocycles. The third kappa shape index (κ3) is 6.14. The van der Waals surface area contributed by atoms with E-state index in [9.17, 15) is 9.59 Å². The number of methoxy groups -OCH3 is 1. The molecule has 2 aromatic rings. The second-order valence-electron chi connectivity index (χ2n) is 5.96. The fourth-order valence-electron chi connectivity index (χ4n) is 2.47. The number of anilines is 1. The molecule has 0 saturated heterocycles. The van der Waals surface area contributed by atoms with Crippen molar-refractivity contribution < 1.29 is 14.3 Å². The summed E-state index contributed by atoms with van der Waals surface area (Å²) in [6.45, 7) is 2.02. The molecule has 7 heteroatoms. The number of carbonyl (C=O) groups is 2. The fraction of sp³-hybridized carbons (Fsp3) is 0.300. The first kappa shape index (κ1) is 21.6. The van der Waals surface area contributed by atoms with Gasteiger partial charge in [-0.25, -0.2) is 0 Å². The molecule has 0 spiro atoms. The Morgan fingerprint density at radius 3 is 2.63 bits per heavy atom. The molecule has 27 heavy (non-hydrogen) atoms. The summed E-state index contributed by atoms with van der Waals surface area (Å²) in [6.07, 6.45) is 2.51. The first-order valence-electron chi connectivity index (χ1n) is 8.46. The van der Waals surface area contributed by atoms with Gasteiger partial charge in [-0.15, -0.1) is 0 Å². The van der Waals surface area contributed by atoms with Gasteiger partial charge in [0, 0.05) is 9.26 Å². The SMILES string of the molecule is COc1ccccc1C(=O)NC(CCSC)C(=O)Nc1ccc(C)c(I)c1. The van der Waals surface area contributed by atoms with Gasteiger partial charge in [0.15, 0.2) is 0 Å². The lowest BCUT2D eigenvalue weighted by Crippen LogP contribution is -2.44. The average Bonchev–Trinajstić information content (AvgIpc) is 2.67. The zero-order valence-electron chi connectivity index (χ0n) is 15.5. The number of ether oxygens (including phenoxy) is 1. The van der Waals surface area contributed by atoms with Gasteiger partial charge in [-0.1, -0.05) is 18.2 Å². The summed E-state index contributed by atoms with van der Waals surface area (Å²) in [4.78, 5) is 25.4. The molecule has 2 N–H and O–H groups in total. The average molecular weight is 498 g/mol. The molecule has 1 atom stereocenters. The van der Waals surface area contributed by atoms with Gasteiger partial charge in [0.25, 0.3) is 5.91 Å². The van der Waals surface area contributed by atoms with Crippen LogP contribution in [-0.2, 0) is 4.79 Å². The molecule has 2 aromatic carbocycles. The Kier molecular flexibility index (Phi) is 8.43. The van der Waals surface area contributed by atoms with Crippen molar-refractivity contribution in [1.29, 1.82) is 0 Å². The van der Waals surface area contributed by atoms with Gasteiger partial charge in [0.2, 0.25) is 5.91 Å². The van der Waals surface area contributed by atoms with Crippen molar-refractivity contribution in [2.24, 2.45) is 0 Å². The molecule has 144 valence electrons. The van der Waals surface area contributed by atoms with Gasteiger partial charge in [-0.2, -0.15) is 11.8 Å². The van der Waals surface area contributed by atoms with Crippen LogP contribution in [0.15, 0.2) is 42.5 Å². The number of rotatable bonds is 8. The molecular weight excluding hydrogens is 475 g/mol. The Bertz CT molecular complexity index is 814. The van der Waals surface area contributed by atoms with Crippen molar-refractivity contribution in [2.75, 3.05) is 24.4 Å². The quantitative estimate of drug-likeness (QED) is 0.538. The smallest absolute Gasteiger partial charge is 0.255 e. The van der Waals surface area contributed by atoms with Crippen molar-refractivity contribution in [3.8, 4) is 5.75 Å². The van der Waals surface area contributed by atoms with Crippen LogP contribution in [0.1, 0.15) is 22.3 Å². The molecule has 2 rings (SSSR count). The second-order valence-corrected chi connectivity index (χ2v) is 8.11. The Labute approximate surface area is 177 Å². The van der Waals surface area contributed by atoms with Crippen LogP contribution in [0.3, 0.4) is 0 Å². The van der Waals surface area contributed by atoms with E-state index in [-0.39, 0.29) is 11.8 Å². The summed E-state index contributed by atoms with van der Waals surface area (Å²) in [5, 5.41) is 5.75. The number of halogens is 1. The predicted octanol–water partition coefficient (Wildman–Crippen LogP) is 4.10. The summed E-state index contributed by atoms with van der Waals surface area (Å²) in [5.41, 5.74) is 2.28. The molecule has 0 fully saturated rings. The maximum absolute atomic E-state index is 12.8. The third-order valence-electron chi connectivity index (χ3n) is 4.02. The van der Waals surface area contributed by atoms with Gasteiger partial charge < -0.3 is 15.4 Å². The van der Waals surface area contributed by atoms with E-state index < -0.39 is 6.04 Å². The molecule has 0 aliphatic carbocycles. The van der Waals surface area contributed by atoms with E-state index in [1.165, 1.54) is 7.11 Å². The Morgan fingerprint density at radius 1 is 1.22 bits per heavy atom. The number of nitrogens with one attached hydrogen (secondary N) is 2. The van der Waals surface area contributed by atoms with Gasteiger partial charge in [-0.05, 0) is 77.8 Å². The van der Waals surface area contributed by atoms with Crippen LogP contribution >= 0.6 is 34.4 Å². The van der Waals surface area contributed by atoms with Gasteiger partial charge >= 0.3 is 0 Å². The lowest BCUT2D eigenvalue weighted by atomic mass is 10.1. The Balaban J connectivity index is 2.14. The third-order valence-corrected chi connectivity index (χ3v) is 5.83. The summed E-state index contributed by atoms with van der Waals surface area (Å²) >= 11 is 3.87. The van der Waals surface area contributed by atoms with Crippen molar-refractivity contribution in [1.82, 2.24) is 5.32 Å². The van der Waals surface area contributed by atoms with Crippen molar-refractivity contribution in [3.05, 3.63) is 57.2 Å². The minimum atomic E-state index is -0.631. The monoisotopic (exact) mass is 498 g/mol. The minimum Gasteiger partial charge on any atom is -0.496 e. The predicted molar refractivity (Wildman–Crippen MR) is 120 cm³/mol. The van der Waals surface area contributed by atoms with E-state index in [0.717, 1.165) is 20.6 Å². The minimum absolute atomic E-state index is 0.230. The molecule has 0 radical (unpaired) electrons. The lowest BCUT2D eigenvalue weighted by Gasteiger charge is -2.19. The Hall–Kier alpha value is -1.74. The van der Waals surface area contributed by atoms with Gasteiger partial charge in [0.05, 0.1) is 12.7 Å². The Morgan fingerprint density at radius 2 is 1.96 bits per heavy atom. The molecule has 2 amide bonds. The van der Waals surface area contributed by atoms with E-state index in [1.807, 2.05) is 31.4 Å². The van der Waals surface area contributed by atoms with Crippen LogP contribution in [0, 0.1) is 10.5 Å². The molecule has 0 aliphatic heterocycles. The van der Waals surface area contributed by atoms with Crippen LogP contribution < -0.4 is 15.4 Å². The van der Waals surface area contributed by atoms with Crippen LogP contribution in [0.2, 0.25) is 0 Å². The van der Waals surface area contributed by atoms with E-state index in [1.54, 1.807) is 36.0 Å². The van der Waals surface area contributed by atoms with Gasteiger partial charge in [-0.3, -0.25) is 9.59 Å². The maximum Gasteiger partial charge on any atom is 0.255 e. The number of amides is 2. The summed E-state index contributed by atoms with van der Waals surface area (Å²) in [7, 11) is 1.52. The highest BCUT2D eigenvalue weighted by Crippen LogP contribution is 2.19. The van der Waals surface area contributed by atoms with Crippen molar-refractivity contribution in [2.45, 2.75) is 19.4 Å². The molecule has 0 heterocycles. The number of hydrogen-bond donors (Lipinski definition) is 2. The molecule has 5 nitrogen and oxygen atoms in total. The second kappa shape index (κ2) is 10.6. The van der Waals surface area contributed by atoms with E-state index in [2.05, 4.69) is 33.2 Å². The molecule has 1 unspecified atom stereocenters. The topological polar surface area (TPSA) is 67.4 Å².